The summed E-state index contributed by atoms with van der Waals surface area (Å²) < 4.78 is 28.4. The molecule has 1 N–H and O–H groups in total. The summed E-state index contributed by atoms with van der Waals surface area (Å²) in [6, 6.07) is 15.0. The number of benzene rings is 2. The van der Waals surface area contributed by atoms with Crippen LogP contribution in [-0.2, 0) is 0 Å². The lowest BCUT2D eigenvalue weighted by Crippen LogP contribution is -2.14. The monoisotopic (exact) mass is 382 g/mol. The highest BCUT2D eigenvalue weighted by Gasteiger charge is 2.20. The van der Waals surface area contributed by atoms with E-state index in [9.17, 15) is 13.6 Å². The molecule has 1 amide bonds. The van der Waals surface area contributed by atoms with Crippen LogP contribution in [0, 0.1) is 11.6 Å². The third-order valence-electron chi connectivity index (χ3n) is 3.69. The molecule has 0 aliphatic carbocycles. The molecule has 0 aliphatic heterocycles. The van der Waals surface area contributed by atoms with Gasteiger partial charge >= 0.3 is 0 Å². The molecule has 0 radical (unpaired) electrons. The van der Waals surface area contributed by atoms with Crippen molar-refractivity contribution in [2.45, 2.75) is 0 Å². The Morgan fingerprint density at radius 1 is 1.00 bits per heavy atom. The van der Waals surface area contributed by atoms with E-state index in [-0.39, 0.29) is 5.82 Å². The van der Waals surface area contributed by atoms with Crippen LogP contribution >= 0.6 is 11.3 Å². The molecular formula is C19H12F2N4OS. The Morgan fingerprint density at radius 3 is 2.48 bits per heavy atom. The average molecular weight is 382 g/mol. The number of hydrogen-bond acceptors (Lipinski definition) is 4. The van der Waals surface area contributed by atoms with Gasteiger partial charge in [-0.1, -0.05) is 18.2 Å². The SMILES string of the molecule is O=C(Nc1cccc(F)c1)c1nc(-c2cccs2)n(-c2cccc(F)c2)n1. The van der Waals surface area contributed by atoms with Gasteiger partial charge in [-0.05, 0) is 47.8 Å². The van der Waals surface area contributed by atoms with Crippen LogP contribution in [-0.4, -0.2) is 20.7 Å². The van der Waals surface area contributed by atoms with Crippen LogP contribution in [0.5, 0.6) is 0 Å². The maximum Gasteiger partial charge on any atom is 0.295 e. The quantitative estimate of drug-likeness (QED) is 0.564. The molecule has 0 spiro atoms. The summed E-state index contributed by atoms with van der Waals surface area (Å²) in [7, 11) is 0. The lowest BCUT2D eigenvalue weighted by Gasteiger charge is -2.04. The summed E-state index contributed by atoms with van der Waals surface area (Å²) >= 11 is 1.42. The molecule has 0 unspecified atom stereocenters. The van der Waals surface area contributed by atoms with E-state index >= 15 is 0 Å². The van der Waals surface area contributed by atoms with Gasteiger partial charge in [-0.15, -0.1) is 16.4 Å². The highest BCUT2D eigenvalue weighted by Crippen LogP contribution is 2.26. The smallest absolute Gasteiger partial charge is 0.295 e. The van der Waals surface area contributed by atoms with Crippen molar-refractivity contribution in [3.05, 3.63) is 83.5 Å². The van der Waals surface area contributed by atoms with E-state index in [0.717, 1.165) is 4.88 Å². The highest BCUT2D eigenvalue weighted by atomic mass is 32.1. The number of aromatic nitrogens is 3. The van der Waals surface area contributed by atoms with Crippen LogP contribution in [0.15, 0.2) is 66.0 Å². The van der Waals surface area contributed by atoms with Crippen LogP contribution < -0.4 is 5.32 Å². The van der Waals surface area contributed by atoms with Crippen molar-refractivity contribution in [2.75, 3.05) is 5.32 Å². The lowest BCUT2D eigenvalue weighted by atomic mass is 10.3. The van der Waals surface area contributed by atoms with Gasteiger partial charge in [0.2, 0.25) is 5.82 Å². The molecule has 0 bridgehead atoms. The molecule has 0 aliphatic rings. The van der Waals surface area contributed by atoms with E-state index in [4.69, 9.17) is 0 Å². The zero-order valence-corrected chi connectivity index (χ0v) is 14.6. The lowest BCUT2D eigenvalue weighted by molar-refractivity contribution is 0.101. The zero-order valence-electron chi connectivity index (χ0n) is 13.8. The van der Waals surface area contributed by atoms with E-state index in [0.29, 0.717) is 17.2 Å². The molecule has 0 atom stereocenters. The zero-order chi connectivity index (χ0) is 18.8. The number of nitrogens with one attached hydrogen (secondary N) is 1. The Labute approximate surface area is 156 Å². The first kappa shape index (κ1) is 17.0. The second kappa shape index (κ2) is 7.08. The van der Waals surface area contributed by atoms with Crippen LogP contribution in [0.3, 0.4) is 0 Å². The summed E-state index contributed by atoms with van der Waals surface area (Å²) in [6.45, 7) is 0. The standard InChI is InChI=1S/C19H12F2N4OS/c20-12-4-1-6-14(10-12)22-19(26)17-23-18(16-8-3-9-27-16)25(24-17)15-7-2-5-13(21)11-15/h1-11H,(H,22,26). The first-order valence-electron chi connectivity index (χ1n) is 7.94. The molecule has 0 saturated heterocycles. The second-order valence-electron chi connectivity index (χ2n) is 5.59. The molecule has 0 saturated carbocycles. The van der Waals surface area contributed by atoms with Gasteiger partial charge in [-0.3, -0.25) is 4.79 Å². The largest absolute Gasteiger partial charge is 0.319 e. The van der Waals surface area contributed by atoms with Gasteiger partial charge in [0.15, 0.2) is 5.82 Å². The second-order valence-corrected chi connectivity index (χ2v) is 6.54. The van der Waals surface area contributed by atoms with E-state index in [1.54, 1.807) is 18.2 Å². The molecule has 8 heteroatoms. The molecule has 4 aromatic rings. The average Bonchev–Trinajstić information content (AvgIpc) is 3.31. The Kier molecular flexibility index (Phi) is 4.47. The number of amides is 1. The molecule has 27 heavy (non-hydrogen) atoms. The van der Waals surface area contributed by atoms with E-state index < -0.39 is 17.5 Å². The van der Waals surface area contributed by atoms with Gasteiger partial charge in [-0.2, -0.15) is 0 Å². The Bertz CT molecular complexity index is 1110. The van der Waals surface area contributed by atoms with Crippen molar-refractivity contribution < 1.29 is 13.6 Å². The van der Waals surface area contributed by atoms with E-state index in [1.807, 2.05) is 17.5 Å². The minimum absolute atomic E-state index is 0.105. The topological polar surface area (TPSA) is 59.8 Å². The molecule has 134 valence electrons. The summed E-state index contributed by atoms with van der Waals surface area (Å²) in [5, 5.41) is 8.66. The summed E-state index contributed by atoms with van der Waals surface area (Å²) in [6.07, 6.45) is 0. The molecule has 5 nitrogen and oxygen atoms in total. The first-order valence-corrected chi connectivity index (χ1v) is 8.82. The van der Waals surface area contributed by atoms with Crippen molar-refractivity contribution in [3.63, 3.8) is 0 Å². The highest BCUT2D eigenvalue weighted by molar-refractivity contribution is 7.13. The van der Waals surface area contributed by atoms with Crippen molar-refractivity contribution in [1.29, 1.82) is 0 Å². The maximum absolute atomic E-state index is 13.6. The summed E-state index contributed by atoms with van der Waals surface area (Å²) in [5.74, 6) is -1.17. The van der Waals surface area contributed by atoms with E-state index in [2.05, 4.69) is 15.4 Å². The fourth-order valence-electron chi connectivity index (χ4n) is 2.51. The first-order chi connectivity index (χ1) is 13.1. The number of halogens is 2. The van der Waals surface area contributed by atoms with Gasteiger partial charge < -0.3 is 5.32 Å². The summed E-state index contributed by atoms with van der Waals surface area (Å²) in [4.78, 5) is 17.6. The molecule has 4 rings (SSSR count). The van der Waals surface area contributed by atoms with Crippen LogP contribution in [0.2, 0.25) is 0 Å². The molecule has 2 aromatic carbocycles. The molecule has 2 aromatic heterocycles. The van der Waals surface area contributed by atoms with Crippen molar-refractivity contribution in [1.82, 2.24) is 14.8 Å². The molecule has 2 heterocycles. The molecular weight excluding hydrogens is 370 g/mol. The van der Waals surface area contributed by atoms with Gasteiger partial charge in [0, 0.05) is 5.69 Å². The van der Waals surface area contributed by atoms with Gasteiger partial charge in [0.1, 0.15) is 11.6 Å². The Balaban J connectivity index is 1.74. The van der Waals surface area contributed by atoms with Crippen LogP contribution in [0.1, 0.15) is 10.6 Å². The van der Waals surface area contributed by atoms with Gasteiger partial charge in [0.25, 0.3) is 5.91 Å². The fourth-order valence-corrected chi connectivity index (χ4v) is 3.21. The minimum atomic E-state index is -0.589. The van der Waals surface area contributed by atoms with Gasteiger partial charge in [0.05, 0.1) is 10.6 Å². The van der Waals surface area contributed by atoms with Crippen LogP contribution in [0.4, 0.5) is 14.5 Å². The van der Waals surface area contributed by atoms with E-state index in [1.165, 1.54) is 46.4 Å². The van der Waals surface area contributed by atoms with Crippen molar-refractivity contribution in [2.24, 2.45) is 0 Å². The van der Waals surface area contributed by atoms with Crippen molar-refractivity contribution in [3.8, 4) is 16.4 Å². The number of nitrogens with zero attached hydrogens (tertiary/aromatic N) is 3. The van der Waals surface area contributed by atoms with Crippen molar-refractivity contribution >= 4 is 22.9 Å². The normalized spacial score (nSPS) is 10.7. The summed E-state index contributed by atoms with van der Waals surface area (Å²) in [5.41, 5.74) is 0.732. The minimum Gasteiger partial charge on any atom is -0.319 e. The maximum atomic E-state index is 13.6. The third kappa shape index (κ3) is 3.61. The third-order valence-corrected chi connectivity index (χ3v) is 4.55. The Hall–Kier alpha value is -3.39. The van der Waals surface area contributed by atoms with Gasteiger partial charge in [-0.25, -0.2) is 18.4 Å². The van der Waals surface area contributed by atoms with Crippen LogP contribution in [0.25, 0.3) is 16.4 Å². The number of anilines is 1. The number of carbonyl (C=O) groups is 1. The Morgan fingerprint density at radius 2 is 1.78 bits per heavy atom. The number of hydrogen-bond donors (Lipinski definition) is 1. The number of thiophene rings is 1. The number of carbonyl (C=O) groups excluding carboxylic acids is 1. The predicted molar refractivity (Wildman–Crippen MR) is 99.0 cm³/mol. The predicted octanol–water partition coefficient (Wildman–Crippen LogP) is 4.53. The number of rotatable bonds is 4. The molecule has 0 fully saturated rings. The fraction of sp³-hybridized carbons (Fsp3) is 0.